The summed E-state index contributed by atoms with van der Waals surface area (Å²) in [6.45, 7) is 0.829. The smallest absolute Gasteiger partial charge is 0.237 e. The highest BCUT2D eigenvalue weighted by atomic mass is 16.2. The van der Waals surface area contributed by atoms with Crippen molar-refractivity contribution in [2.45, 2.75) is 24.9 Å². The molecule has 0 aromatic heterocycles. The second-order valence-electron chi connectivity index (χ2n) is 2.74. The molecule has 0 saturated carbocycles. The molecule has 3 heteroatoms. The van der Waals surface area contributed by atoms with Gasteiger partial charge < -0.3 is 10.6 Å². The fraction of sp³-hybridized carbons (Fsp3) is 0.833. The van der Waals surface area contributed by atoms with Gasteiger partial charge in [-0.2, -0.15) is 0 Å². The first kappa shape index (κ1) is 5.23. The number of hydrogen-bond donors (Lipinski definition) is 2. The van der Waals surface area contributed by atoms with Gasteiger partial charge in [-0.3, -0.25) is 4.79 Å². The standard InChI is InChI=1S/C6H10N2O/c9-6-5-2-1-4(8-5)3-7-6/h4-5,8H,1-3H2,(H,7,9)/t4-,5+/m1/s1. The van der Waals surface area contributed by atoms with E-state index in [0.717, 1.165) is 19.4 Å². The van der Waals surface area contributed by atoms with E-state index in [1.807, 2.05) is 0 Å². The summed E-state index contributed by atoms with van der Waals surface area (Å²) in [4.78, 5) is 10.9. The highest BCUT2D eigenvalue weighted by molar-refractivity contribution is 5.83. The highest BCUT2D eigenvalue weighted by Crippen LogP contribution is 2.14. The maximum Gasteiger partial charge on any atom is 0.237 e. The molecule has 2 bridgehead atoms. The Morgan fingerprint density at radius 1 is 1.44 bits per heavy atom. The lowest BCUT2D eigenvalue weighted by atomic mass is 10.2. The zero-order valence-electron chi connectivity index (χ0n) is 5.18. The number of nitrogens with one attached hydrogen (secondary N) is 2. The van der Waals surface area contributed by atoms with E-state index in [0.29, 0.717) is 6.04 Å². The monoisotopic (exact) mass is 126 g/mol. The van der Waals surface area contributed by atoms with E-state index in [2.05, 4.69) is 10.6 Å². The number of rotatable bonds is 0. The van der Waals surface area contributed by atoms with Gasteiger partial charge in [0, 0.05) is 12.6 Å². The average Bonchev–Trinajstić information content (AvgIpc) is 2.25. The molecular weight excluding hydrogens is 116 g/mol. The third-order valence-corrected chi connectivity index (χ3v) is 2.08. The van der Waals surface area contributed by atoms with Crippen LogP contribution in [-0.4, -0.2) is 24.5 Å². The first-order valence-electron chi connectivity index (χ1n) is 3.40. The van der Waals surface area contributed by atoms with Gasteiger partial charge in [0.1, 0.15) is 0 Å². The molecule has 3 nitrogen and oxygen atoms in total. The van der Waals surface area contributed by atoms with Crippen LogP contribution in [0.3, 0.4) is 0 Å². The minimum atomic E-state index is 0.128. The van der Waals surface area contributed by atoms with Crippen molar-refractivity contribution in [3.8, 4) is 0 Å². The van der Waals surface area contributed by atoms with Crippen molar-refractivity contribution in [1.82, 2.24) is 10.6 Å². The van der Waals surface area contributed by atoms with Crippen molar-refractivity contribution in [1.29, 1.82) is 0 Å². The van der Waals surface area contributed by atoms with Gasteiger partial charge >= 0.3 is 0 Å². The Balaban J connectivity index is 2.14. The SMILES string of the molecule is O=C1NC[C@H]2CC[C@@H]1N2. The van der Waals surface area contributed by atoms with E-state index >= 15 is 0 Å². The summed E-state index contributed by atoms with van der Waals surface area (Å²) in [5.41, 5.74) is 0. The van der Waals surface area contributed by atoms with Crippen LogP contribution in [0.15, 0.2) is 0 Å². The van der Waals surface area contributed by atoms with Gasteiger partial charge in [0.05, 0.1) is 6.04 Å². The lowest BCUT2D eigenvalue weighted by molar-refractivity contribution is -0.123. The van der Waals surface area contributed by atoms with Crippen LogP contribution in [0.25, 0.3) is 0 Å². The largest absolute Gasteiger partial charge is 0.353 e. The van der Waals surface area contributed by atoms with Crippen molar-refractivity contribution in [2.75, 3.05) is 6.54 Å². The Labute approximate surface area is 53.8 Å². The molecule has 2 rings (SSSR count). The fourth-order valence-electron chi connectivity index (χ4n) is 1.53. The summed E-state index contributed by atoms with van der Waals surface area (Å²) >= 11 is 0. The zero-order valence-corrected chi connectivity index (χ0v) is 5.18. The van der Waals surface area contributed by atoms with Gasteiger partial charge in [0.15, 0.2) is 0 Å². The normalized spacial score (nSPS) is 40.7. The number of piperazine rings is 1. The molecule has 2 aliphatic heterocycles. The number of fused-ring (bicyclic) bond motifs is 2. The second kappa shape index (κ2) is 1.70. The van der Waals surface area contributed by atoms with Gasteiger partial charge in [-0.05, 0) is 12.8 Å². The fourth-order valence-corrected chi connectivity index (χ4v) is 1.53. The number of carbonyl (C=O) groups excluding carboxylic acids is 1. The van der Waals surface area contributed by atoms with Crippen LogP contribution in [0.2, 0.25) is 0 Å². The molecule has 2 fully saturated rings. The molecule has 2 aliphatic rings. The number of amides is 1. The third kappa shape index (κ3) is 0.721. The molecule has 0 aromatic rings. The molecule has 2 atom stereocenters. The summed E-state index contributed by atoms with van der Waals surface area (Å²) in [7, 11) is 0. The van der Waals surface area contributed by atoms with Crippen LogP contribution < -0.4 is 10.6 Å². The average molecular weight is 126 g/mol. The van der Waals surface area contributed by atoms with Gasteiger partial charge in [0.2, 0.25) is 5.91 Å². The van der Waals surface area contributed by atoms with Gasteiger partial charge in [-0.1, -0.05) is 0 Å². The Morgan fingerprint density at radius 3 is 3.11 bits per heavy atom. The molecule has 2 heterocycles. The van der Waals surface area contributed by atoms with Crippen LogP contribution in [0.1, 0.15) is 12.8 Å². The first-order chi connectivity index (χ1) is 4.36. The highest BCUT2D eigenvalue weighted by Gasteiger charge is 2.33. The molecule has 0 spiro atoms. The Hall–Kier alpha value is -0.570. The number of hydrogen-bond acceptors (Lipinski definition) is 2. The number of carbonyl (C=O) groups is 1. The van der Waals surface area contributed by atoms with Crippen LogP contribution in [0, 0.1) is 0 Å². The van der Waals surface area contributed by atoms with E-state index in [1.165, 1.54) is 0 Å². The minimum absolute atomic E-state index is 0.128. The van der Waals surface area contributed by atoms with Crippen LogP contribution in [-0.2, 0) is 4.79 Å². The van der Waals surface area contributed by atoms with E-state index in [-0.39, 0.29) is 11.9 Å². The molecule has 0 aliphatic carbocycles. The van der Waals surface area contributed by atoms with Crippen LogP contribution in [0.4, 0.5) is 0 Å². The van der Waals surface area contributed by atoms with Crippen molar-refractivity contribution >= 4 is 5.91 Å². The Kier molecular flexibility index (Phi) is 0.990. The van der Waals surface area contributed by atoms with Crippen molar-refractivity contribution < 1.29 is 4.79 Å². The predicted molar refractivity (Wildman–Crippen MR) is 33.0 cm³/mol. The quantitative estimate of drug-likeness (QED) is 0.448. The van der Waals surface area contributed by atoms with Gasteiger partial charge in [0.25, 0.3) is 0 Å². The zero-order chi connectivity index (χ0) is 6.27. The molecule has 2 N–H and O–H groups in total. The van der Waals surface area contributed by atoms with Crippen LogP contribution in [0.5, 0.6) is 0 Å². The second-order valence-corrected chi connectivity index (χ2v) is 2.74. The maximum absolute atomic E-state index is 10.9. The lowest BCUT2D eigenvalue weighted by Gasteiger charge is -2.20. The maximum atomic E-state index is 10.9. The van der Waals surface area contributed by atoms with Crippen molar-refractivity contribution in [2.24, 2.45) is 0 Å². The molecular formula is C6H10N2O. The molecule has 2 saturated heterocycles. The van der Waals surface area contributed by atoms with E-state index in [4.69, 9.17) is 0 Å². The summed E-state index contributed by atoms with van der Waals surface area (Å²) in [6, 6.07) is 0.691. The molecule has 0 aromatic carbocycles. The minimum Gasteiger partial charge on any atom is -0.353 e. The van der Waals surface area contributed by atoms with Gasteiger partial charge in [-0.25, -0.2) is 0 Å². The van der Waals surface area contributed by atoms with E-state index in [1.54, 1.807) is 0 Å². The summed E-state index contributed by atoms with van der Waals surface area (Å²) < 4.78 is 0. The Morgan fingerprint density at radius 2 is 2.33 bits per heavy atom. The molecule has 0 radical (unpaired) electrons. The predicted octanol–water partition coefficient (Wildman–Crippen LogP) is -0.763. The molecule has 1 amide bonds. The Bertz CT molecular complexity index is 146. The van der Waals surface area contributed by atoms with Crippen molar-refractivity contribution in [3.05, 3.63) is 0 Å². The molecule has 0 unspecified atom stereocenters. The lowest BCUT2D eigenvalue weighted by Crippen LogP contribution is -2.52. The van der Waals surface area contributed by atoms with Gasteiger partial charge in [-0.15, -0.1) is 0 Å². The molecule has 9 heavy (non-hydrogen) atoms. The summed E-state index contributed by atoms with van der Waals surface area (Å²) in [5.74, 6) is 0.184. The summed E-state index contributed by atoms with van der Waals surface area (Å²) in [5, 5.41) is 6.07. The first-order valence-corrected chi connectivity index (χ1v) is 3.40. The van der Waals surface area contributed by atoms with Crippen LogP contribution >= 0.6 is 0 Å². The summed E-state index contributed by atoms with van der Waals surface area (Å²) in [6.07, 6.45) is 2.18. The van der Waals surface area contributed by atoms with E-state index in [9.17, 15) is 4.79 Å². The third-order valence-electron chi connectivity index (χ3n) is 2.08. The van der Waals surface area contributed by atoms with E-state index < -0.39 is 0 Å². The molecule has 50 valence electrons. The topological polar surface area (TPSA) is 41.1 Å². The van der Waals surface area contributed by atoms with Crippen molar-refractivity contribution in [3.63, 3.8) is 0 Å².